The van der Waals surface area contributed by atoms with Gasteiger partial charge in [-0.3, -0.25) is 4.79 Å². The number of hydrogen-bond acceptors (Lipinski definition) is 3. The smallest absolute Gasteiger partial charge is 0.416 e. The van der Waals surface area contributed by atoms with E-state index in [4.69, 9.17) is 4.42 Å². The highest BCUT2D eigenvalue weighted by Crippen LogP contribution is 2.31. The summed E-state index contributed by atoms with van der Waals surface area (Å²) in [5.41, 5.74) is 1.17. The number of anilines is 1. The molecule has 0 saturated heterocycles. The van der Waals surface area contributed by atoms with Gasteiger partial charge in [-0.05, 0) is 48.9 Å². The summed E-state index contributed by atoms with van der Waals surface area (Å²) < 4.78 is 45.0. The molecule has 0 aliphatic heterocycles. The predicted octanol–water partition coefficient (Wildman–Crippen LogP) is 6.24. The molecule has 0 aliphatic carbocycles. The van der Waals surface area contributed by atoms with E-state index in [2.05, 4.69) is 10.3 Å². The first-order valence-electron chi connectivity index (χ1n) is 9.43. The van der Waals surface area contributed by atoms with Crippen LogP contribution in [0.25, 0.3) is 11.0 Å². The number of para-hydroxylation sites is 2. The fourth-order valence-electron chi connectivity index (χ4n) is 3.09. The van der Waals surface area contributed by atoms with Crippen molar-refractivity contribution in [2.45, 2.75) is 13.1 Å². The molecule has 0 atom stereocenters. The zero-order valence-electron chi connectivity index (χ0n) is 16.4. The van der Waals surface area contributed by atoms with Crippen LogP contribution in [0.15, 0.2) is 88.3 Å². The molecule has 0 spiro atoms. The molecule has 4 nitrogen and oxygen atoms in total. The fourth-order valence-corrected chi connectivity index (χ4v) is 3.09. The topological polar surface area (TPSA) is 54.6 Å². The lowest BCUT2D eigenvalue weighted by molar-refractivity contribution is -0.137. The van der Waals surface area contributed by atoms with Crippen molar-refractivity contribution in [3.8, 4) is 0 Å². The van der Waals surface area contributed by atoms with Crippen molar-refractivity contribution in [1.29, 1.82) is 0 Å². The van der Waals surface area contributed by atoms with E-state index in [9.17, 15) is 18.0 Å². The minimum atomic E-state index is -4.50. The molecule has 0 unspecified atom stereocenters. The normalized spacial score (nSPS) is 12.2. The number of halogens is 3. The number of nitrogens with one attached hydrogen (secondary N) is 1. The molecule has 31 heavy (non-hydrogen) atoms. The number of rotatable bonds is 3. The van der Waals surface area contributed by atoms with Crippen molar-refractivity contribution >= 4 is 28.3 Å². The number of fused-ring (bicyclic) bond motifs is 1. The largest absolute Gasteiger partial charge is 0.438 e. The molecule has 4 rings (SSSR count). The van der Waals surface area contributed by atoms with E-state index in [0.29, 0.717) is 16.7 Å². The molecule has 0 saturated carbocycles. The van der Waals surface area contributed by atoms with Crippen LogP contribution >= 0.6 is 0 Å². The first-order chi connectivity index (χ1) is 14.8. The molecule has 0 aliphatic rings. The average Bonchev–Trinajstić information content (AvgIpc) is 2.74. The maximum absolute atomic E-state index is 13.1. The molecule has 0 bridgehead atoms. The number of aryl methyl sites for hydroxylation is 1. The van der Waals surface area contributed by atoms with Gasteiger partial charge < -0.3 is 9.73 Å². The second-order valence-corrected chi connectivity index (χ2v) is 6.93. The Hall–Kier alpha value is -3.87. The van der Waals surface area contributed by atoms with Crippen molar-refractivity contribution in [3.05, 3.63) is 101 Å². The van der Waals surface area contributed by atoms with Crippen molar-refractivity contribution in [2.75, 3.05) is 5.32 Å². The lowest BCUT2D eigenvalue weighted by Gasteiger charge is -2.09. The monoisotopic (exact) mass is 422 g/mol. The van der Waals surface area contributed by atoms with Gasteiger partial charge in [0, 0.05) is 11.1 Å². The molecule has 0 radical (unpaired) electrons. The van der Waals surface area contributed by atoms with Gasteiger partial charge in [0.1, 0.15) is 11.1 Å². The van der Waals surface area contributed by atoms with Crippen LogP contribution in [0.1, 0.15) is 21.5 Å². The van der Waals surface area contributed by atoms with Gasteiger partial charge in [0.15, 0.2) is 0 Å². The molecular weight excluding hydrogens is 405 g/mol. The highest BCUT2D eigenvalue weighted by molar-refractivity contribution is 6.05. The SMILES string of the molecule is Cc1ccccc1NC(=O)c1cc2ccccc2oc1=Nc1cccc(C(F)(F)F)c1. The number of benzene rings is 3. The Kier molecular flexibility index (Phi) is 5.33. The Morgan fingerprint density at radius 2 is 1.68 bits per heavy atom. The molecule has 1 amide bonds. The quantitative estimate of drug-likeness (QED) is 0.425. The van der Waals surface area contributed by atoms with E-state index >= 15 is 0 Å². The lowest BCUT2D eigenvalue weighted by Crippen LogP contribution is -2.22. The Balaban J connectivity index is 1.85. The van der Waals surface area contributed by atoms with Gasteiger partial charge in [0.25, 0.3) is 5.91 Å². The molecule has 7 heteroatoms. The van der Waals surface area contributed by atoms with Crippen LogP contribution in [-0.2, 0) is 6.18 Å². The summed E-state index contributed by atoms with van der Waals surface area (Å²) in [7, 11) is 0. The molecule has 4 aromatic rings. The Bertz CT molecular complexity index is 1340. The lowest BCUT2D eigenvalue weighted by atomic mass is 10.1. The van der Waals surface area contributed by atoms with Gasteiger partial charge in [-0.15, -0.1) is 0 Å². The van der Waals surface area contributed by atoms with Crippen LogP contribution in [0.4, 0.5) is 24.5 Å². The van der Waals surface area contributed by atoms with Crippen LogP contribution in [0, 0.1) is 6.92 Å². The Morgan fingerprint density at radius 1 is 0.935 bits per heavy atom. The van der Waals surface area contributed by atoms with E-state index in [0.717, 1.165) is 17.7 Å². The van der Waals surface area contributed by atoms with Crippen LogP contribution in [-0.4, -0.2) is 5.91 Å². The third-order valence-electron chi connectivity index (χ3n) is 4.70. The molecule has 3 aromatic carbocycles. The Labute approximate surface area is 175 Å². The summed E-state index contributed by atoms with van der Waals surface area (Å²) in [6, 6.07) is 20.4. The van der Waals surface area contributed by atoms with Crippen molar-refractivity contribution < 1.29 is 22.4 Å². The molecule has 1 aromatic heterocycles. The van der Waals surface area contributed by atoms with Gasteiger partial charge in [-0.1, -0.05) is 42.5 Å². The summed E-state index contributed by atoms with van der Waals surface area (Å²) in [6.07, 6.45) is -4.50. The maximum Gasteiger partial charge on any atom is 0.416 e. The number of nitrogens with zero attached hydrogens (tertiary/aromatic N) is 1. The molecule has 1 heterocycles. The summed E-state index contributed by atoms with van der Waals surface area (Å²) >= 11 is 0. The van der Waals surface area contributed by atoms with E-state index in [1.54, 1.807) is 42.5 Å². The third kappa shape index (κ3) is 4.50. The molecule has 1 N–H and O–H groups in total. The highest BCUT2D eigenvalue weighted by atomic mass is 19.4. The zero-order valence-corrected chi connectivity index (χ0v) is 16.4. The van der Waals surface area contributed by atoms with Crippen LogP contribution in [0.3, 0.4) is 0 Å². The van der Waals surface area contributed by atoms with Crippen molar-refractivity contribution in [3.63, 3.8) is 0 Å². The second kappa shape index (κ2) is 8.10. The van der Waals surface area contributed by atoms with E-state index in [1.807, 2.05) is 19.1 Å². The standard InChI is InChI=1S/C24H17F3N2O2/c1-15-7-2-4-11-20(15)29-22(30)19-13-16-8-3-5-12-21(16)31-23(19)28-18-10-6-9-17(14-18)24(25,26)27/h2-14H,1H3,(H,29,30). The van der Waals surface area contributed by atoms with Crippen molar-refractivity contribution in [2.24, 2.45) is 4.99 Å². The fraction of sp³-hybridized carbons (Fsp3) is 0.0833. The summed E-state index contributed by atoms with van der Waals surface area (Å²) in [5, 5.41) is 3.48. The zero-order chi connectivity index (χ0) is 22.0. The average molecular weight is 422 g/mol. The summed E-state index contributed by atoms with van der Waals surface area (Å²) in [4.78, 5) is 17.3. The van der Waals surface area contributed by atoms with Gasteiger partial charge >= 0.3 is 6.18 Å². The van der Waals surface area contributed by atoms with E-state index < -0.39 is 17.6 Å². The van der Waals surface area contributed by atoms with Gasteiger partial charge in [0.2, 0.25) is 5.55 Å². The highest BCUT2D eigenvalue weighted by Gasteiger charge is 2.30. The third-order valence-corrected chi connectivity index (χ3v) is 4.70. The maximum atomic E-state index is 13.1. The number of carbonyl (C=O) groups is 1. The predicted molar refractivity (Wildman–Crippen MR) is 112 cm³/mol. The van der Waals surface area contributed by atoms with Crippen LogP contribution in [0.2, 0.25) is 0 Å². The van der Waals surface area contributed by atoms with Gasteiger partial charge in [0.05, 0.1) is 11.3 Å². The van der Waals surface area contributed by atoms with Crippen LogP contribution in [0.5, 0.6) is 0 Å². The van der Waals surface area contributed by atoms with E-state index in [1.165, 1.54) is 12.1 Å². The number of hydrogen-bond donors (Lipinski definition) is 1. The summed E-state index contributed by atoms with van der Waals surface area (Å²) in [5.74, 6) is -0.477. The number of carbonyl (C=O) groups excluding carboxylic acids is 1. The molecule has 0 fully saturated rings. The summed E-state index contributed by atoms with van der Waals surface area (Å²) in [6.45, 7) is 1.86. The minimum absolute atomic E-state index is 0.0267. The van der Waals surface area contributed by atoms with Crippen LogP contribution < -0.4 is 10.9 Å². The van der Waals surface area contributed by atoms with Gasteiger partial charge in [-0.25, -0.2) is 4.99 Å². The molecular formula is C24H17F3N2O2. The minimum Gasteiger partial charge on any atom is -0.438 e. The number of amides is 1. The van der Waals surface area contributed by atoms with Crippen molar-refractivity contribution in [1.82, 2.24) is 0 Å². The second-order valence-electron chi connectivity index (χ2n) is 6.93. The first kappa shape index (κ1) is 20.4. The first-order valence-corrected chi connectivity index (χ1v) is 9.43. The van der Waals surface area contributed by atoms with E-state index in [-0.39, 0.29) is 16.8 Å². The van der Waals surface area contributed by atoms with Gasteiger partial charge in [-0.2, -0.15) is 13.2 Å². The Morgan fingerprint density at radius 3 is 2.45 bits per heavy atom. The number of alkyl halides is 3. The molecule has 156 valence electrons.